The highest BCUT2D eigenvalue weighted by Gasteiger charge is 2.60. The minimum atomic E-state index is -0.151. The first-order chi connectivity index (χ1) is 10.4. The van der Waals surface area contributed by atoms with Crippen LogP contribution in [-0.4, -0.2) is 22.4 Å². The third kappa shape index (κ3) is 1.75. The van der Waals surface area contributed by atoms with Crippen molar-refractivity contribution in [1.82, 2.24) is 0 Å². The van der Waals surface area contributed by atoms with E-state index in [1.54, 1.807) is 0 Å². The van der Waals surface area contributed by atoms with Gasteiger partial charge in [0.1, 0.15) is 5.76 Å². The second-order valence-corrected chi connectivity index (χ2v) is 8.72. The Kier molecular flexibility index (Phi) is 3.09. The zero-order chi connectivity index (χ0) is 15.7. The molecule has 4 N–H and O–H groups in total. The summed E-state index contributed by atoms with van der Waals surface area (Å²) in [6.45, 7) is 4.64. The monoisotopic (exact) mass is 303 g/mol. The average Bonchev–Trinajstić information content (AvgIpc) is 2.77. The molecule has 0 aromatic rings. The number of hydrogen-bond acceptors (Lipinski definition) is 3. The second-order valence-electron chi connectivity index (χ2n) is 8.72. The molecule has 3 saturated carbocycles. The zero-order valence-electron chi connectivity index (χ0n) is 13.7. The van der Waals surface area contributed by atoms with E-state index in [-0.39, 0.29) is 23.0 Å². The van der Waals surface area contributed by atoms with Crippen LogP contribution in [0.2, 0.25) is 0 Å². The highest BCUT2D eigenvalue weighted by molar-refractivity contribution is 5.28. The van der Waals surface area contributed by atoms with Gasteiger partial charge in [0.25, 0.3) is 0 Å². The van der Waals surface area contributed by atoms with Crippen LogP contribution in [0.15, 0.2) is 24.0 Å². The van der Waals surface area contributed by atoms with Crippen LogP contribution in [0.3, 0.4) is 0 Å². The molecule has 22 heavy (non-hydrogen) atoms. The summed E-state index contributed by atoms with van der Waals surface area (Å²) < 4.78 is 0. The first-order valence-corrected chi connectivity index (χ1v) is 8.90. The summed E-state index contributed by atoms with van der Waals surface area (Å²) >= 11 is 0. The van der Waals surface area contributed by atoms with Gasteiger partial charge < -0.3 is 15.9 Å². The predicted molar refractivity (Wildman–Crippen MR) is 87.1 cm³/mol. The molecule has 0 amide bonds. The summed E-state index contributed by atoms with van der Waals surface area (Å²) in [5, 5.41) is 20.4. The number of rotatable bonds is 0. The van der Waals surface area contributed by atoms with Crippen LogP contribution >= 0.6 is 0 Å². The Labute approximate surface area is 133 Å². The number of allylic oxidation sites excluding steroid dienone is 3. The third-order valence-corrected chi connectivity index (χ3v) is 7.89. The highest BCUT2D eigenvalue weighted by Crippen LogP contribution is 2.64. The minimum Gasteiger partial charge on any atom is -0.508 e. The van der Waals surface area contributed by atoms with Crippen LogP contribution < -0.4 is 5.73 Å². The standard InChI is InChI=1S/C19H29NO2/c1-18-7-5-12(21)9-11(18)10-15(20)17-13-3-4-16(22)19(13,2)8-6-14(17)18/h5,7,9,11,13-17,21-22H,3-4,6,8,10,20H2,1-2H3/t11?,13-,14+,15?,16?,17-,18-,19-/m0/s1. The Bertz CT molecular complexity index is 542. The summed E-state index contributed by atoms with van der Waals surface area (Å²) in [7, 11) is 0. The van der Waals surface area contributed by atoms with Gasteiger partial charge in [-0.05, 0) is 78.8 Å². The van der Waals surface area contributed by atoms with Crippen LogP contribution in [0.5, 0.6) is 0 Å². The van der Waals surface area contributed by atoms with Crippen molar-refractivity contribution in [2.75, 3.05) is 0 Å². The van der Waals surface area contributed by atoms with Crippen molar-refractivity contribution in [1.29, 1.82) is 0 Å². The van der Waals surface area contributed by atoms with Gasteiger partial charge in [-0.15, -0.1) is 0 Å². The molecule has 0 aliphatic heterocycles. The number of nitrogens with two attached hydrogens (primary N) is 1. The summed E-state index contributed by atoms with van der Waals surface area (Å²) in [6, 6.07) is 0.188. The van der Waals surface area contributed by atoms with E-state index in [1.807, 2.05) is 12.2 Å². The number of aliphatic hydroxyl groups excluding tert-OH is 2. The molecule has 0 spiro atoms. The summed E-state index contributed by atoms with van der Waals surface area (Å²) in [6.07, 6.45) is 11.3. The largest absolute Gasteiger partial charge is 0.508 e. The summed E-state index contributed by atoms with van der Waals surface area (Å²) in [5.41, 5.74) is 6.82. The van der Waals surface area contributed by atoms with Crippen LogP contribution in [-0.2, 0) is 0 Å². The lowest BCUT2D eigenvalue weighted by molar-refractivity contribution is -0.0937. The molecule has 8 atom stereocenters. The molecule has 3 nitrogen and oxygen atoms in total. The molecule has 4 aliphatic carbocycles. The molecule has 4 rings (SSSR count). The van der Waals surface area contributed by atoms with Gasteiger partial charge in [0.2, 0.25) is 0 Å². The molecule has 4 aliphatic rings. The number of hydrogen-bond donors (Lipinski definition) is 3. The summed E-state index contributed by atoms with van der Waals surface area (Å²) in [5.74, 6) is 2.39. The van der Waals surface area contributed by atoms with E-state index in [4.69, 9.17) is 5.73 Å². The van der Waals surface area contributed by atoms with Gasteiger partial charge in [-0.1, -0.05) is 19.9 Å². The molecule has 0 heterocycles. The number of aliphatic hydroxyl groups is 2. The van der Waals surface area contributed by atoms with Crippen molar-refractivity contribution in [3.8, 4) is 0 Å². The van der Waals surface area contributed by atoms with Crippen molar-refractivity contribution >= 4 is 0 Å². The lowest BCUT2D eigenvalue weighted by Gasteiger charge is -2.59. The van der Waals surface area contributed by atoms with E-state index in [2.05, 4.69) is 19.9 Å². The van der Waals surface area contributed by atoms with Crippen molar-refractivity contribution in [3.63, 3.8) is 0 Å². The lowest BCUT2D eigenvalue weighted by atomic mass is 9.46. The first kappa shape index (κ1) is 14.8. The fourth-order valence-electron chi connectivity index (χ4n) is 6.49. The minimum absolute atomic E-state index is 0.0678. The topological polar surface area (TPSA) is 66.5 Å². The normalized spacial score (nSPS) is 56.8. The maximum absolute atomic E-state index is 10.5. The van der Waals surface area contributed by atoms with E-state index >= 15 is 0 Å². The molecule has 3 heteroatoms. The molecule has 0 saturated heterocycles. The van der Waals surface area contributed by atoms with Gasteiger partial charge in [-0.2, -0.15) is 0 Å². The highest BCUT2D eigenvalue weighted by atomic mass is 16.3. The molecule has 0 bridgehead atoms. The average molecular weight is 303 g/mol. The Morgan fingerprint density at radius 2 is 1.95 bits per heavy atom. The maximum atomic E-state index is 10.5. The molecule has 122 valence electrons. The van der Waals surface area contributed by atoms with Gasteiger partial charge in [-0.25, -0.2) is 0 Å². The smallest absolute Gasteiger partial charge is 0.111 e. The van der Waals surface area contributed by atoms with Crippen molar-refractivity contribution < 1.29 is 10.2 Å². The molecular formula is C19H29NO2. The molecular weight excluding hydrogens is 274 g/mol. The van der Waals surface area contributed by atoms with E-state index in [0.717, 1.165) is 32.1 Å². The van der Waals surface area contributed by atoms with Gasteiger partial charge >= 0.3 is 0 Å². The fourth-order valence-corrected chi connectivity index (χ4v) is 6.49. The van der Waals surface area contributed by atoms with Gasteiger partial charge in [0, 0.05) is 6.04 Å². The Morgan fingerprint density at radius 3 is 2.73 bits per heavy atom. The molecule has 0 aromatic carbocycles. The Hall–Kier alpha value is -0.800. The van der Waals surface area contributed by atoms with Gasteiger partial charge in [0.05, 0.1) is 6.10 Å². The van der Waals surface area contributed by atoms with Crippen molar-refractivity contribution in [2.45, 2.75) is 58.1 Å². The van der Waals surface area contributed by atoms with Crippen LogP contribution in [0.1, 0.15) is 46.0 Å². The van der Waals surface area contributed by atoms with E-state index in [1.165, 1.54) is 0 Å². The van der Waals surface area contributed by atoms with Gasteiger partial charge in [0.15, 0.2) is 0 Å². The van der Waals surface area contributed by atoms with Crippen LogP contribution in [0.25, 0.3) is 0 Å². The van der Waals surface area contributed by atoms with Gasteiger partial charge in [-0.3, -0.25) is 0 Å². The molecule has 0 radical (unpaired) electrons. The zero-order valence-corrected chi connectivity index (χ0v) is 13.7. The third-order valence-electron chi connectivity index (χ3n) is 7.89. The predicted octanol–water partition coefficient (Wildman–Crippen LogP) is 3.16. The number of fused-ring (bicyclic) bond motifs is 5. The van der Waals surface area contributed by atoms with E-state index < -0.39 is 0 Å². The SMILES string of the molecule is C[C@]12C=CC(O)=CC1CC(N)[C@@H]1[C@H]2CC[C@]2(C)C(O)CC[C@@H]12. The second kappa shape index (κ2) is 4.61. The molecule has 3 fully saturated rings. The van der Waals surface area contributed by atoms with Crippen molar-refractivity contribution in [3.05, 3.63) is 24.0 Å². The first-order valence-electron chi connectivity index (χ1n) is 8.90. The quantitative estimate of drug-likeness (QED) is 0.644. The summed E-state index contributed by atoms with van der Waals surface area (Å²) in [4.78, 5) is 0. The maximum Gasteiger partial charge on any atom is 0.111 e. The van der Waals surface area contributed by atoms with Crippen molar-refractivity contribution in [2.24, 2.45) is 40.2 Å². The van der Waals surface area contributed by atoms with Crippen LogP contribution in [0, 0.1) is 34.5 Å². The van der Waals surface area contributed by atoms with E-state index in [9.17, 15) is 10.2 Å². The van der Waals surface area contributed by atoms with E-state index in [0.29, 0.717) is 29.4 Å². The molecule has 3 unspecified atom stereocenters. The molecule has 0 aromatic heterocycles. The van der Waals surface area contributed by atoms with Crippen LogP contribution in [0.4, 0.5) is 0 Å². The fraction of sp³-hybridized carbons (Fsp3) is 0.789. The Morgan fingerprint density at radius 1 is 1.18 bits per heavy atom. The lowest BCUT2D eigenvalue weighted by Crippen LogP contribution is -2.59. The Balaban J connectivity index is 1.72.